The third-order valence-corrected chi connectivity index (χ3v) is 5.80. The molecule has 0 amide bonds. The molecule has 0 unspecified atom stereocenters. The molecule has 0 atom stereocenters. The first-order valence-electron chi connectivity index (χ1n) is 5.51. The number of fused-ring (bicyclic) bond motifs is 1. The Labute approximate surface area is 111 Å². The van der Waals surface area contributed by atoms with E-state index in [4.69, 9.17) is 0 Å². The Hall–Kier alpha value is -0.210. The molecule has 2 heteroatoms. The molecule has 1 aliphatic heterocycles. The van der Waals surface area contributed by atoms with Crippen molar-refractivity contribution in [1.29, 1.82) is 0 Å². The summed E-state index contributed by atoms with van der Waals surface area (Å²) in [5.41, 5.74) is 5.72. The van der Waals surface area contributed by atoms with E-state index in [2.05, 4.69) is 62.7 Å². The van der Waals surface area contributed by atoms with Gasteiger partial charge in [-0.3, -0.25) is 0 Å². The molecule has 0 saturated heterocycles. The molecule has 16 heavy (non-hydrogen) atoms. The smallest absolute Gasteiger partial charge is 0.0362 e. The fourth-order valence-corrected chi connectivity index (χ4v) is 3.93. The van der Waals surface area contributed by atoms with Gasteiger partial charge in [0.2, 0.25) is 0 Å². The Bertz CT molecular complexity index is 484. The zero-order valence-electron chi connectivity index (χ0n) is 10.4. The first-order chi connectivity index (χ1) is 7.34. The van der Waals surface area contributed by atoms with E-state index < -0.39 is 0 Å². The molecule has 0 aromatic heterocycles. The van der Waals surface area contributed by atoms with Gasteiger partial charge in [0.05, 0.1) is 0 Å². The molecule has 0 nitrogen and oxygen atoms in total. The van der Waals surface area contributed by atoms with E-state index >= 15 is 0 Å². The molecule has 2 rings (SSSR count). The van der Waals surface area contributed by atoms with Crippen LogP contribution < -0.4 is 0 Å². The largest absolute Gasteiger partial charge is 0.115 e. The molecule has 1 heterocycles. The van der Waals surface area contributed by atoms with Gasteiger partial charge in [0.25, 0.3) is 0 Å². The van der Waals surface area contributed by atoms with E-state index in [1.165, 1.54) is 31.6 Å². The van der Waals surface area contributed by atoms with Crippen LogP contribution >= 0.6 is 27.7 Å². The lowest BCUT2D eigenvalue weighted by Gasteiger charge is -2.34. The van der Waals surface area contributed by atoms with Crippen molar-refractivity contribution in [1.82, 2.24) is 0 Å². The molecule has 0 saturated carbocycles. The lowest BCUT2D eigenvalue weighted by molar-refractivity contribution is 0.825. The van der Waals surface area contributed by atoms with Crippen molar-refractivity contribution in [3.8, 4) is 0 Å². The molecule has 1 aromatic rings. The summed E-state index contributed by atoms with van der Waals surface area (Å²) in [5.74, 6) is 0. The van der Waals surface area contributed by atoms with Crippen LogP contribution in [0.3, 0.4) is 0 Å². The van der Waals surface area contributed by atoms with Crippen molar-refractivity contribution >= 4 is 33.3 Å². The summed E-state index contributed by atoms with van der Waals surface area (Å²) in [4.78, 5) is 1.41. The summed E-state index contributed by atoms with van der Waals surface area (Å²) in [7, 11) is 0. The van der Waals surface area contributed by atoms with Gasteiger partial charge < -0.3 is 0 Å². The van der Waals surface area contributed by atoms with E-state index in [-0.39, 0.29) is 4.75 Å². The molecule has 0 spiro atoms. The highest BCUT2D eigenvalue weighted by molar-refractivity contribution is 9.10. The molecule has 1 aliphatic rings. The predicted octanol–water partition coefficient (Wildman–Crippen LogP) is 5.44. The molecular formula is C14H17BrS. The third kappa shape index (κ3) is 1.76. The minimum Gasteiger partial charge on any atom is -0.115 e. The lowest BCUT2D eigenvalue weighted by atomic mass is 9.91. The molecule has 1 aromatic carbocycles. The van der Waals surface area contributed by atoms with Gasteiger partial charge >= 0.3 is 0 Å². The number of hydrogen-bond acceptors (Lipinski definition) is 1. The summed E-state index contributed by atoms with van der Waals surface area (Å²) in [5, 5.41) is 0. The number of benzene rings is 1. The second-order valence-electron chi connectivity index (χ2n) is 4.91. The molecule has 0 aliphatic carbocycles. The Morgan fingerprint density at radius 3 is 2.38 bits per heavy atom. The maximum Gasteiger partial charge on any atom is 0.0362 e. The Kier molecular flexibility index (Phi) is 3.00. The average Bonchev–Trinajstić information content (AvgIpc) is 2.20. The Morgan fingerprint density at radius 2 is 1.75 bits per heavy atom. The highest BCUT2D eigenvalue weighted by Gasteiger charge is 2.30. The van der Waals surface area contributed by atoms with Crippen LogP contribution in [0.25, 0.3) is 5.57 Å². The van der Waals surface area contributed by atoms with Crippen LogP contribution in [0, 0.1) is 6.92 Å². The van der Waals surface area contributed by atoms with E-state index in [9.17, 15) is 0 Å². The standard InChI is InChI=1S/C14H17BrS/c1-8-10(3)14(4,5)16-12-7-6-11(15)9(2)13(8)12/h6-7H,1-5H3. The van der Waals surface area contributed by atoms with E-state index in [0.29, 0.717) is 0 Å². The van der Waals surface area contributed by atoms with Crippen LogP contribution in [0.4, 0.5) is 0 Å². The number of allylic oxidation sites excluding steroid dienone is 1. The quantitative estimate of drug-likeness (QED) is 0.615. The monoisotopic (exact) mass is 296 g/mol. The topological polar surface area (TPSA) is 0 Å². The first-order valence-corrected chi connectivity index (χ1v) is 7.12. The van der Waals surface area contributed by atoms with Crippen molar-refractivity contribution in [2.75, 3.05) is 0 Å². The predicted molar refractivity (Wildman–Crippen MR) is 77.1 cm³/mol. The normalized spacial score (nSPS) is 18.6. The van der Waals surface area contributed by atoms with E-state index in [1.54, 1.807) is 0 Å². The summed E-state index contributed by atoms with van der Waals surface area (Å²) in [6, 6.07) is 4.39. The van der Waals surface area contributed by atoms with Crippen LogP contribution in [0.5, 0.6) is 0 Å². The van der Waals surface area contributed by atoms with Gasteiger partial charge in [-0.1, -0.05) is 21.5 Å². The maximum atomic E-state index is 3.62. The zero-order chi connectivity index (χ0) is 12.1. The first kappa shape index (κ1) is 12.3. The molecule has 0 N–H and O–H groups in total. The van der Waals surface area contributed by atoms with Crippen LogP contribution in [0.1, 0.15) is 38.8 Å². The summed E-state index contributed by atoms with van der Waals surface area (Å²) < 4.78 is 1.43. The van der Waals surface area contributed by atoms with E-state index in [1.807, 2.05) is 11.8 Å². The Morgan fingerprint density at radius 1 is 1.12 bits per heavy atom. The fraction of sp³-hybridized carbons (Fsp3) is 0.429. The zero-order valence-corrected chi connectivity index (χ0v) is 12.8. The minimum absolute atomic E-state index is 0.220. The average molecular weight is 297 g/mol. The number of halogens is 1. The van der Waals surface area contributed by atoms with Gasteiger partial charge in [-0.2, -0.15) is 0 Å². The van der Waals surface area contributed by atoms with Crippen molar-refractivity contribution in [3.63, 3.8) is 0 Å². The molecule has 0 bridgehead atoms. The molecule has 0 radical (unpaired) electrons. The van der Waals surface area contributed by atoms with Gasteiger partial charge in [-0.25, -0.2) is 0 Å². The van der Waals surface area contributed by atoms with E-state index in [0.717, 1.165) is 0 Å². The summed E-state index contributed by atoms with van der Waals surface area (Å²) in [6.07, 6.45) is 0. The van der Waals surface area contributed by atoms with Crippen LogP contribution in [0.2, 0.25) is 0 Å². The maximum absolute atomic E-state index is 3.62. The van der Waals surface area contributed by atoms with Crippen LogP contribution in [0.15, 0.2) is 27.1 Å². The van der Waals surface area contributed by atoms with Crippen molar-refractivity contribution in [2.24, 2.45) is 0 Å². The van der Waals surface area contributed by atoms with Crippen molar-refractivity contribution < 1.29 is 0 Å². The summed E-state index contributed by atoms with van der Waals surface area (Å²) >= 11 is 5.59. The van der Waals surface area contributed by atoms with Gasteiger partial charge in [0, 0.05) is 14.1 Å². The Balaban J connectivity index is 2.74. The second kappa shape index (κ2) is 3.92. The molecular weight excluding hydrogens is 280 g/mol. The second-order valence-corrected chi connectivity index (χ2v) is 7.43. The lowest BCUT2D eigenvalue weighted by Crippen LogP contribution is -2.21. The van der Waals surface area contributed by atoms with Gasteiger partial charge in [0.15, 0.2) is 0 Å². The summed E-state index contributed by atoms with van der Waals surface area (Å²) in [6.45, 7) is 11.3. The van der Waals surface area contributed by atoms with Crippen molar-refractivity contribution in [3.05, 3.63) is 33.3 Å². The third-order valence-electron chi connectivity index (χ3n) is 3.57. The SMILES string of the molecule is CC1=C(C)C(C)(C)Sc2ccc(Br)c(C)c21. The fourth-order valence-electron chi connectivity index (χ4n) is 2.20. The number of rotatable bonds is 0. The molecule has 0 fully saturated rings. The van der Waals surface area contributed by atoms with Gasteiger partial charge in [-0.15, -0.1) is 11.8 Å². The van der Waals surface area contributed by atoms with Gasteiger partial charge in [-0.05, 0) is 63.5 Å². The number of hydrogen-bond donors (Lipinski definition) is 0. The van der Waals surface area contributed by atoms with Gasteiger partial charge in [0.1, 0.15) is 0 Å². The number of thioether (sulfide) groups is 1. The highest BCUT2D eigenvalue weighted by atomic mass is 79.9. The minimum atomic E-state index is 0.220. The molecule has 86 valence electrons. The van der Waals surface area contributed by atoms with Crippen molar-refractivity contribution in [2.45, 2.75) is 44.3 Å². The van der Waals surface area contributed by atoms with Crippen LogP contribution in [-0.2, 0) is 0 Å². The van der Waals surface area contributed by atoms with Crippen LogP contribution in [-0.4, -0.2) is 4.75 Å². The highest BCUT2D eigenvalue weighted by Crippen LogP contribution is 2.49.